The number of alkyl carbamates (subject to hydrolysis) is 1. The zero-order chi connectivity index (χ0) is 25.3. The quantitative estimate of drug-likeness (QED) is 0.500. The topological polar surface area (TPSA) is 114 Å². The van der Waals surface area contributed by atoms with Crippen molar-refractivity contribution in [2.24, 2.45) is 11.8 Å². The Balaban J connectivity index is 1.37. The monoisotopic (exact) mass is 488 g/mol. The summed E-state index contributed by atoms with van der Waals surface area (Å²) in [5.41, 5.74) is 4.19. The van der Waals surface area contributed by atoms with Gasteiger partial charge in [0, 0.05) is 19.6 Å². The van der Waals surface area contributed by atoms with Crippen LogP contribution in [0.15, 0.2) is 48.5 Å². The molecule has 2 aromatic carbocycles. The van der Waals surface area contributed by atoms with E-state index in [1.807, 2.05) is 48.5 Å². The highest BCUT2D eigenvalue weighted by molar-refractivity contribution is 5.86. The first-order valence-electron chi connectivity index (χ1n) is 11.2. The Hall–Kier alpha value is -3.53. The van der Waals surface area contributed by atoms with Crippen molar-refractivity contribution in [1.29, 1.82) is 0 Å². The third-order valence-electron chi connectivity index (χ3n) is 6.71. The van der Waals surface area contributed by atoms with Gasteiger partial charge in [0.1, 0.15) is 18.6 Å². The van der Waals surface area contributed by atoms with Crippen molar-refractivity contribution < 1.29 is 37.7 Å². The molecular formula is C25H26F2N2O6. The van der Waals surface area contributed by atoms with E-state index < -0.39 is 54.4 Å². The number of carboxylic acid groups (broad SMARTS) is 1. The van der Waals surface area contributed by atoms with Crippen LogP contribution in [0.2, 0.25) is 0 Å². The maximum atomic E-state index is 13.6. The van der Waals surface area contributed by atoms with Gasteiger partial charge in [-0.05, 0) is 29.2 Å². The van der Waals surface area contributed by atoms with Crippen LogP contribution in [0, 0.1) is 11.8 Å². The number of aliphatic carboxylic acids is 1. The second kappa shape index (κ2) is 9.61. The molecule has 0 aromatic heterocycles. The molecule has 35 heavy (non-hydrogen) atoms. The third-order valence-corrected chi connectivity index (χ3v) is 6.71. The highest BCUT2D eigenvalue weighted by Gasteiger charge is 2.72. The fourth-order valence-corrected chi connectivity index (χ4v) is 4.60. The molecule has 1 saturated carbocycles. The van der Waals surface area contributed by atoms with Crippen LogP contribution in [-0.2, 0) is 19.1 Å². The van der Waals surface area contributed by atoms with E-state index in [1.165, 1.54) is 14.0 Å². The first-order chi connectivity index (χ1) is 16.7. The molecule has 4 rings (SSSR count). The fraction of sp³-hybridized carbons (Fsp3) is 0.400. The Kier molecular flexibility index (Phi) is 6.75. The zero-order valence-corrected chi connectivity index (χ0v) is 19.2. The summed E-state index contributed by atoms with van der Waals surface area (Å²) >= 11 is 0. The van der Waals surface area contributed by atoms with Crippen LogP contribution in [-0.4, -0.2) is 61.4 Å². The van der Waals surface area contributed by atoms with Gasteiger partial charge in [0.05, 0.1) is 12.0 Å². The average molecular weight is 488 g/mol. The Morgan fingerprint density at radius 1 is 1.06 bits per heavy atom. The van der Waals surface area contributed by atoms with E-state index >= 15 is 0 Å². The number of benzene rings is 2. The summed E-state index contributed by atoms with van der Waals surface area (Å²) in [5.74, 6) is -9.30. The third kappa shape index (κ3) is 4.70. The number of rotatable bonds is 9. The summed E-state index contributed by atoms with van der Waals surface area (Å²) in [7, 11) is 1.33. The van der Waals surface area contributed by atoms with E-state index in [4.69, 9.17) is 14.6 Å². The van der Waals surface area contributed by atoms with Gasteiger partial charge in [0.15, 0.2) is 0 Å². The molecule has 2 unspecified atom stereocenters. The number of alkyl halides is 2. The van der Waals surface area contributed by atoms with Gasteiger partial charge in [-0.15, -0.1) is 0 Å². The smallest absolute Gasteiger partial charge is 0.407 e. The van der Waals surface area contributed by atoms with Gasteiger partial charge in [-0.1, -0.05) is 48.5 Å². The van der Waals surface area contributed by atoms with Gasteiger partial charge in [0.2, 0.25) is 5.91 Å². The lowest BCUT2D eigenvalue weighted by Gasteiger charge is -2.23. The lowest BCUT2D eigenvalue weighted by Crippen LogP contribution is -2.53. The van der Waals surface area contributed by atoms with Crippen molar-refractivity contribution in [1.82, 2.24) is 10.6 Å². The number of hydrogen-bond acceptors (Lipinski definition) is 5. The predicted molar refractivity (Wildman–Crippen MR) is 121 cm³/mol. The molecule has 3 N–H and O–H groups in total. The van der Waals surface area contributed by atoms with Crippen LogP contribution < -0.4 is 10.6 Å². The number of methoxy groups -OCH3 is 1. The average Bonchev–Trinajstić information content (AvgIpc) is 3.26. The summed E-state index contributed by atoms with van der Waals surface area (Å²) in [6, 6.07) is 14.4. The van der Waals surface area contributed by atoms with Crippen molar-refractivity contribution in [3.8, 4) is 11.1 Å². The molecule has 2 amide bonds. The zero-order valence-electron chi connectivity index (χ0n) is 19.2. The van der Waals surface area contributed by atoms with Crippen LogP contribution >= 0.6 is 0 Å². The number of carbonyl (C=O) groups excluding carboxylic acids is 2. The Morgan fingerprint density at radius 3 is 2.14 bits per heavy atom. The van der Waals surface area contributed by atoms with Gasteiger partial charge < -0.3 is 25.2 Å². The second-order valence-corrected chi connectivity index (χ2v) is 8.73. The highest BCUT2D eigenvalue weighted by atomic mass is 19.3. The van der Waals surface area contributed by atoms with Crippen molar-refractivity contribution >= 4 is 18.0 Å². The lowest BCUT2D eigenvalue weighted by atomic mass is 9.98. The SMILES string of the molecule is CO[C@H](C)[C@H](NC(=O)OCC1c2ccccc2-c2ccccc21)C(=O)NCC1C(C(=O)O)C1(F)F. The normalized spacial score (nSPS) is 21.3. The number of carbonyl (C=O) groups is 3. The molecular weight excluding hydrogens is 462 g/mol. The van der Waals surface area contributed by atoms with Crippen LogP contribution in [0.5, 0.6) is 0 Å². The maximum Gasteiger partial charge on any atom is 0.407 e. The van der Waals surface area contributed by atoms with Crippen molar-refractivity contribution in [2.75, 3.05) is 20.3 Å². The Labute approximate surface area is 200 Å². The lowest BCUT2D eigenvalue weighted by molar-refractivity contribution is -0.141. The minimum Gasteiger partial charge on any atom is -0.481 e. The number of fused-ring (bicyclic) bond motifs is 3. The molecule has 0 aliphatic heterocycles. The van der Waals surface area contributed by atoms with Gasteiger partial charge in [-0.3, -0.25) is 9.59 Å². The van der Waals surface area contributed by atoms with Crippen LogP contribution in [0.25, 0.3) is 11.1 Å². The Bertz CT molecular complexity index is 1090. The fourth-order valence-electron chi connectivity index (χ4n) is 4.60. The van der Waals surface area contributed by atoms with Crippen molar-refractivity contribution in [3.63, 3.8) is 0 Å². The van der Waals surface area contributed by atoms with E-state index in [9.17, 15) is 23.2 Å². The first kappa shape index (κ1) is 24.6. The molecule has 0 saturated heterocycles. The molecule has 2 aliphatic carbocycles. The maximum absolute atomic E-state index is 13.6. The first-order valence-corrected chi connectivity index (χ1v) is 11.2. The Morgan fingerprint density at radius 2 is 1.63 bits per heavy atom. The molecule has 4 atom stereocenters. The van der Waals surface area contributed by atoms with E-state index in [1.54, 1.807) is 0 Å². The minimum absolute atomic E-state index is 0.0319. The largest absolute Gasteiger partial charge is 0.481 e. The molecule has 2 aromatic rings. The molecule has 2 aliphatic rings. The summed E-state index contributed by atoms with van der Waals surface area (Å²) in [5, 5.41) is 13.6. The molecule has 1 fully saturated rings. The predicted octanol–water partition coefficient (Wildman–Crippen LogP) is 3.01. The van der Waals surface area contributed by atoms with Gasteiger partial charge >= 0.3 is 12.1 Å². The number of hydrogen-bond donors (Lipinski definition) is 3. The number of halogens is 2. The van der Waals surface area contributed by atoms with Crippen LogP contribution in [0.4, 0.5) is 13.6 Å². The molecule has 0 radical (unpaired) electrons. The minimum atomic E-state index is -3.39. The van der Waals surface area contributed by atoms with Crippen LogP contribution in [0.1, 0.15) is 24.0 Å². The van der Waals surface area contributed by atoms with Gasteiger partial charge in [-0.25, -0.2) is 13.6 Å². The number of amides is 2. The molecule has 0 bridgehead atoms. The number of nitrogens with one attached hydrogen (secondary N) is 2. The van der Waals surface area contributed by atoms with E-state index in [-0.39, 0.29) is 12.5 Å². The summed E-state index contributed by atoms with van der Waals surface area (Å²) in [6.07, 6.45) is -1.67. The standard InChI is InChI=1S/C25H26F2N2O6/c1-13(34-2)21(22(30)28-11-19-20(23(31)32)25(19,26)27)29-24(33)35-12-18-16-9-5-3-7-14(16)15-8-4-6-10-17(15)18/h3-10,13,18-21H,11-12H2,1-2H3,(H,28,30)(H,29,33)(H,31,32)/t13-,19?,20?,21+/m1/s1. The van der Waals surface area contributed by atoms with Gasteiger partial charge in [0.25, 0.3) is 5.92 Å². The van der Waals surface area contributed by atoms with E-state index in [0.717, 1.165) is 22.3 Å². The number of carboxylic acids is 1. The molecule has 0 spiro atoms. The van der Waals surface area contributed by atoms with E-state index in [2.05, 4.69) is 10.6 Å². The summed E-state index contributed by atoms with van der Waals surface area (Å²) < 4.78 is 37.8. The second-order valence-electron chi connectivity index (χ2n) is 8.73. The molecule has 10 heteroatoms. The van der Waals surface area contributed by atoms with Crippen LogP contribution in [0.3, 0.4) is 0 Å². The molecule has 186 valence electrons. The summed E-state index contributed by atoms with van der Waals surface area (Å²) in [6.45, 7) is 1.02. The number of ether oxygens (including phenoxy) is 2. The van der Waals surface area contributed by atoms with Crippen molar-refractivity contribution in [2.45, 2.75) is 30.9 Å². The van der Waals surface area contributed by atoms with Gasteiger partial charge in [-0.2, -0.15) is 0 Å². The van der Waals surface area contributed by atoms with E-state index in [0.29, 0.717) is 0 Å². The van der Waals surface area contributed by atoms with Crippen molar-refractivity contribution in [3.05, 3.63) is 59.7 Å². The molecule has 8 nitrogen and oxygen atoms in total. The highest BCUT2D eigenvalue weighted by Crippen LogP contribution is 2.54. The molecule has 0 heterocycles. The summed E-state index contributed by atoms with van der Waals surface area (Å²) in [4.78, 5) is 36.1.